The molecule has 2 rings (SSSR count). The van der Waals surface area contributed by atoms with Crippen molar-refractivity contribution in [3.8, 4) is 0 Å². The number of nitrogens with zero attached hydrogens (tertiary/aromatic N) is 5. The molecule has 1 aromatic rings. The van der Waals surface area contributed by atoms with Gasteiger partial charge in [0.2, 0.25) is 17.8 Å². The summed E-state index contributed by atoms with van der Waals surface area (Å²) in [6.45, 7) is 1.61. The van der Waals surface area contributed by atoms with Crippen molar-refractivity contribution in [3.63, 3.8) is 0 Å². The second-order valence-corrected chi connectivity index (χ2v) is 5.74. The van der Waals surface area contributed by atoms with Crippen molar-refractivity contribution < 1.29 is 9.53 Å². The van der Waals surface area contributed by atoms with Gasteiger partial charge >= 0.3 is 0 Å². The van der Waals surface area contributed by atoms with Crippen molar-refractivity contribution in [2.75, 3.05) is 51.2 Å². The average molecular weight is 308 g/mol. The van der Waals surface area contributed by atoms with Crippen LogP contribution in [0.5, 0.6) is 0 Å². The van der Waals surface area contributed by atoms with E-state index in [2.05, 4.69) is 20.3 Å². The number of hydrogen-bond donors (Lipinski definition) is 1. The zero-order valence-corrected chi connectivity index (χ0v) is 13.7. The van der Waals surface area contributed by atoms with Gasteiger partial charge in [0.1, 0.15) is 0 Å². The van der Waals surface area contributed by atoms with Crippen LogP contribution in [0.25, 0.3) is 0 Å². The smallest absolute Gasteiger partial charge is 0.229 e. The van der Waals surface area contributed by atoms with Crippen LogP contribution >= 0.6 is 0 Å². The summed E-state index contributed by atoms with van der Waals surface area (Å²) >= 11 is 0. The SMILES string of the molecule is CN(C)c1nc(CNC(=O)C2CCOCC2)nc(N(C)C)n1. The molecule has 1 N–H and O–H groups in total. The normalized spacial score (nSPS) is 15.5. The van der Waals surface area contributed by atoms with Crippen LogP contribution in [0, 0.1) is 5.92 Å². The quantitative estimate of drug-likeness (QED) is 0.822. The van der Waals surface area contributed by atoms with E-state index < -0.39 is 0 Å². The Kier molecular flexibility index (Phi) is 5.48. The lowest BCUT2D eigenvalue weighted by Gasteiger charge is -2.21. The van der Waals surface area contributed by atoms with Gasteiger partial charge in [0.15, 0.2) is 5.82 Å². The van der Waals surface area contributed by atoms with Gasteiger partial charge in [0, 0.05) is 47.3 Å². The summed E-state index contributed by atoms with van der Waals surface area (Å²) < 4.78 is 5.27. The van der Waals surface area contributed by atoms with Gasteiger partial charge < -0.3 is 19.9 Å². The minimum Gasteiger partial charge on any atom is -0.381 e. The lowest BCUT2D eigenvalue weighted by atomic mass is 9.99. The first-order valence-electron chi connectivity index (χ1n) is 7.42. The Bertz CT molecular complexity index is 488. The highest BCUT2D eigenvalue weighted by atomic mass is 16.5. The number of rotatable bonds is 5. The van der Waals surface area contributed by atoms with Crippen molar-refractivity contribution in [3.05, 3.63) is 5.82 Å². The second-order valence-electron chi connectivity index (χ2n) is 5.74. The van der Waals surface area contributed by atoms with Crippen molar-refractivity contribution in [1.29, 1.82) is 0 Å². The average Bonchev–Trinajstić information content (AvgIpc) is 2.53. The van der Waals surface area contributed by atoms with E-state index in [4.69, 9.17) is 4.74 Å². The molecule has 0 unspecified atom stereocenters. The van der Waals surface area contributed by atoms with Gasteiger partial charge in [-0.2, -0.15) is 15.0 Å². The third kappa shape index (κ3) is 4.27. The van der Waals surface area contributed by atoms with Crippen LogP contribution in [0.2, 0.25) is 0 Å². The van der Waals surface area contributed by atoms with E-state index >= 15 is 0 Å². The molecule has 0 bridgehead atoms. The first-order chi connectivity index (χ1) is 10.5. The van der Waals surface area contributed by atoms with Crippen LogP contribution in [-0.2, 0) is 16.1 Å². The van der Waals surface area contributed by atoms with E-state index in [0.29, 0.717) is 37.5 Å². The first kappa shape index (κ1) is 16.4. The monoisotopic (exact) mass is 308 g/mol. The maximum atomic E-state index is 12.2. The van der Waals surface area contributed by atoms with E-state index in [0.717, 1.165) is 12.8 Å². The molecule has 0 atom stereocenters. The fourth-order valence-electron chi connectivity index (χ4n) is 2.14. The topological polar surface area (TPSA) is 83.5 Å². The Labute approximate surface area is 130 Å². The molecule has 1 aliphatic heterocycles. The molecule has 0 aromatic carbocycles. The maximum Gasteiger partial charge on any atom is 0.229 e. The molecular formula is C14H24N6O2. The summed E-state index contributed by atoms with van der Waals surface area (Å²) in [5.41, 5.74) is 0. The van der Waals surface area contributed by atoms with Gasteiger partial charge in [-0.25, -0.2) is 0 Å². The summed E-state index contributed by atoms with van der Waals surface area (Å²) in [6, 6.07) is 0. The summed E-state index contributed by atoms with van der Waals surface area (Å²) in [7, 11) is 7.50. The number of aromatic nitrogens is 3. The number of amides is 1. The second kappa shape index (κ2) is 7.35. The minimum absolute atomic E-state index is 0.0252. The highest BCUT2D eigenvalue weighted by Gasteiger charge is 2.21. The van der Waals surface area contributed by atoms with Crippen LogP contribution in [0.15, 0.2) is 0 Å². The standard InChI is InChI=1S/C14H24N6O2/c1-19(2)13-16-11(17-14(18-13)20(3)4)9-15-12(21)10-5-7-22-8-6-10/h10H,5-9H2,1-4H3,(H,15,21). The van der Waals surface area contributed by atoms with Crippen LogP contribution in [0.4, 0.5) is 11.9 Å². The first-order valence-corrected chi connectivity index (χ1v) is 7.42. The summed E-state index contributed by atoms with van der Waals surface area (Å²) in [5.74, 6) is 1.78. The van der Waals surface area contributed by atoms with Crippen molar-refractivity contribution >= 4 is 17.8 Å². The van der Waals surface area contributed by atoms with Gasteiger partial charge in [0.05, 0.1) is 6.54 Å². The van der Waals surface area contributed by atoms with Gasteiger partial charge in [0.25, 0.3) is 0 Å². The van der Waals surface area contributed by atoms with Gasteiger partial charge in [-0.1, -0.05) is 0 Å². The molecule has 0 saturated carbocycles. The van der Waals surface area contributed by atoms with E-state index in [1.54, 1.807) is 0 Å². The predicted molar refractivity (Wildman–Crippen MR) is 83.9 cm³/mol. The number of anilines is 2. The number of ether oxygens (including phenoxy) is 1. The van der Waals surface area contributed by atoms with E-state index in [1.807, 2.05) is 38.0 Å². The Morgan fingerprint density at radius 3 is 2.14 bits per heavy atom. The molecule has 1 aliphatic rings. The molecule has 1 aromatic heterocycles. The third-order valence-electron chi connectivity index (χ3n) is 3.47. The molecule has 2 heterocycles. The van der Waals surface area contributed by atoms with Gasteiger partial charge in [-0.3, -0.25) is 4.79 Å². The summed E-state index contributed by atoms with van der Waals surface area (Å²) in [5, 5.41) is 2.92. The number of carbonyl (C=O) groups is 1. The molecular weight excluding hydrogens is 284 g/mol. The highest BCUT2D eigenvalue weighted by Crippen LogP contribution is 2.15. The molecule has 0 spiro atoms. The lowest BCUT2D eigenvalue weighted by Crippen LogP contribution is -2.34. The molecule has 0 aliphatic carbocycles. The van der Waals surface area contributed by atoms with Crippen LogP contribution < -0.4 is 15.1 Å². The zero-order valence-electron chi connectivity index (χ0n) is 13.7. The maximum absolute atomic E-state index is 12.2. The molecule has 22 heavy (non-hydrogen) atoms. The Morgan fingerprint density at radius 2 is 1.64 bits per heavy atom. The van der Waals surface area contributed by atoms with Crippen LogP contribution in [-0.4, -0.2) is 62.3 Å². The third-order valence-corrected chi connectivity index (χ3v) is 3.47. The van der Waals surface area contributed by atoms with Gasteiger partial charge in [-0.15, -0.1) is 0 Å². The fourth-order valence-corrected chi connectivity index (χ4v) is 2.14. The highest BCUT2D eigenvalue weighted by molar-refractivity contribution is 5.78. The molecule has 8 heteroatoms. The van der Waals surface area contributed by atoms with Crippen molar-refractivity contribution in [1.82, 2.24) is 20.3 Å². The zero-order chi connectivity index (χ0) is 16.1. The fraction of sp³-hybridized carbons (Fsp3) is 0.714. The molecule has 122 valence electrons. The Balaban J connectivity index is 2.03. The molecule has 1 amide bonds. The number of hydrogen-bond acceptors (Lipinski definition) is 7. The van der Waals surface area contributed by atoms with Crippen LogP contribution in [0.3, 0.4) is 0 Å². The van der Waals surface area contributed by atoms with Crippen molar-refractivity contribution in [2.24, 2.45) is 5.92 Å². The Hall–Kier alpha value is -1.96. The molecule has 1 saturated heterocycles. The van der Waals surface area contributed by atoms with E-state index in [-0.39, 0.29) is 11.8 Å². The largest absolute Gasteiger partial charge is 0.381 e. The summed E-state index contributed by atoms with van der Waals surface area (Å²) in [4.78, 5) is 28.9. The Morgan fingerprint density at radius 1 is 1.09 bits per heavy atom. The summed E-state index contributed by atoms with van der Waals surface area (Å²) in [6.07, 6.45) is 1.55. The molecule has 1 fully saturated rings. The van der Waals surface area contributed by atoms with E-state index in [9.17, 15) is 4.79 Å². The van der Waals surface area contributed by atoms with E-state index in [1.165, 1.54) is 0 Å². The number of nitrogens with one attached hydrogen (secondary N) is 1. The predicted octanol–water partition coefficient (Wildman–Crippen LogP) is 0.0464. The molecule has 0 radical (unpaired) electrons. The van der Waals surface area contributed by atoms with Crippen molar-refractivity contribution in [2.45, 2.75) is 19.4 Å². The van der Waals surface area contributed by atoms with Crippen LogP contribution in [0.1, 0.15) is 18.7 Å². The molecule has 8 nitrogen and oxygen atoms in total. The minimum atomic E-state index is 0.0252. The lowest BCUT2D eigenvalue weighted by molar-refractivity contribution is -0.128. The number of carbonyl (C=O) groups excluding carboxylic acids is 1. The van der Waals surface area contributed by atoms with Gasteiger partial charge in [-0.05, 0) is 12.8 Å².